The molecule has 0 saturated heterocycles. The first-order valence-electron chi connectivity index (χ1n) is 10.1. The second-order valence-corrected chi connectivity index (χ2v) is 8.20. The van der Waals surface area contributed by atoms with E-state index < -0.39 is 0 Å². The fourth-order valence-electron chi connectivity index (χ4n) is 2.92. The number of amides is 2. The van der Waals surface area contributed by atoms with E-state index >= 15 is 0 Å². The molecular weight excluding hydrogens is 446 g/mol. The molecule has 3 rings (SSSR count). The van der Waals surface area contributed by atoms with Gasteiger partial charge in [-0.3, -0.25) is 9.59 Å². The van der Waals surface area contributed by atoms with Gasteiger partial charge in [-0.15, -0.1) is 16.8 Å². The Balaban J connectivity index is 1.59. The number of hydrogen-bond acceptors (Lipinski definition) is 5. The average Bonchev–Trinajstić information content (AvgIpc) is 3.18. The van der Waals surface area contributed by atoms with Crippen LogP contribution in [0.25, 0.3) is 0 Å². The Labute approximate surface area is 196 Å². The second-order valence-electron chi connectivity index (χ2n) is 6.85. The average molecular weight is 470 g/mol. The largest absolute Gasteiger partial charge is 0.345 e. The summed E-state index contributed by atoms with van der Waals surface area (Å²) in [5, 5.41) is 15.0. The van der Waals surface area contributed by atoms with Crippen molar-refractivity contribution < 1.29 is 9.59 Å². The lowest BCUT2D eigenvalue weighted by atomic mass is 10.1. The van der Waals surface area contributed by atoms with Crippen molar-refractivity contribution in [1.82, 2.24) is 20.1 Å². The van der Waals surface area contributed by atoms with Gasteiger partial charge < -0.3 is 15.2 Å². The van der Waals surface area contributed by atoms with Crippen LogP contribution in [0.2, 0.25) is 5.02 Å². The van der Waals surface area contributed by atoms with Crippen LogP contribution < -0.4 is 10.6 Å². The molecule has 0 aliphatic rings. The van der Waals surface area contributed by atoms with E-state index in [0.717, 1.165) is 12.1 Å². The van der Waals surface area contributed by atoms with Crippen molar-refractivity contribution in [3.63, 3.8) is 0 Å². The van der Waals surface area contributed by atoms with Gasteiger partial charge in [0.2, 0.25) is 5.91 Å². The van der Waals surface area contributed by atoms with Crippen molar-refractivity contribution in [3.8, 4) is 0 Å². The lowest BCUT2D eigenvalue weighted by Gasteiger charge is -2.10. The molecule has 3 aromatic rings. The number of aromatic nitrogens is 3. The standard InChI is InChI=1S/C23H24ClN5O2S/c1-3-13-29-20(14-25-22(31)18-7-5-6-8-19(18)24)27-28-23(29)32-15-21(30)26-17-11-9-16(4-2)10-12-17/h3,5-12H,1,4,13-15H2,2H3,(H,25,31)(H,26,30). The van der Waals surface area contributed by atoms with Gasteiger partial charge in [0.15, 0.2) is 11.0 Å². The Kier molecular flexibility index (Phi) is 8.47. The molecule has 0 saturated carbocycles. The highest BCUT2D eigenvalue weighted by Crippen LogP contribution is 2.19. The monoisotopic (exact) mass is 469 g/mol. The summed E-state index contributed by atoms with van der Waals surface area (Å²) in [6, 6.07) is 14.6. The molecule has 1 aromatic heterocycles. The van der Waals surface area contributed by atoms with Gasteiger partial charge in [0, 0.05) is 12.2 Å². The molecule has 0 fully saturated rings. The van der Waals surface area contributed by atoms with Gasteiger partial charge in [0.25, 0.3) is 5.91 Å². The number of allylic oxidation sites excluding steroid dienone is 1. The summed E-state index contributed by atoms with van der Waals surface area (Å²) in [6.07, 6.45) is 2.66. The minimum Gasteiger partial charge on any atom is -0.345 e. The first-order valence-corrected chi connectivity index (χ1v) is 11.5. The number of rotatable bonds is 10. The number of nitrogens with zero attached hydrogens (tertiary/aromatic N) is 3. The SMILES string of the molecule is C=CCn1c(CNC(=O)c2ccccc2Cl)nnc1SCC(=O)Nc1ccc(CC)cc1. The number of thioether (sulfide) groups is 1. The number of anilines is 1. The Hall–Kier alpha value is -3.10. The Morgan fingerprint density at radius 2 is 1.91 bits per heavy atom. The maximum absolute atomic E-state index is 12.4. The molecule has 2 aromatic carbocycles. The lowest BCUT2D eigenvalue weighted by Crippen LogP contribution is -2.25. The predicted octanol–water partition coefficient (Wildman–Crippen LogP) is 4.34. The zero-order valence-corrected chi connectivity index (χ0v) is 19.2. The van der Waals surface area contributed by atoms with E-state index in [-0.39, 0.29) is 24.1 Å². The first-order chi connectivity index (χ1) is 15.5. The van der Waals surface area contributed by atoms with Crippen LogP contribution in [-0.4, -0.2) is 32.3 Å². The highest BCUT2D eigenvalue weighted by molar-refractivity contribution is 7.99. The fraction of sp³-hybridized carbons (Fsp3) is 0.217. The van der Waals surface area contributed by atoms with Gasteiger partial charge >= 0.3 is 0 Å². The summed E-state index contributed by atoms with van der Waals surface area (Å²) < 4.78 is 1.81. The van der Waals surface area contributed by atoms with E-state index in [1.165, 1.54) is 17.3 Å². The summed E-state index contributed by atoms with van der Waals surface area (Å²) in [5.74, 6) is 0.298. The molecule has 0 aliphatic carbocycles. The fourth-order valence-corrected chi connectivity index (χ4v) is 3.91. The summed E-state index contributed by atoms with van der Waals surface area (Å²) in [4.78, 5) is 24.8. The molecule has 0 atom stereocenters. The summed E-state index contributed by atoms with van der Waals surface area (Å²) in [7, 11) is 0. The number of nitrogens with one attached hydrogen (secondary N) is 2. The molecule has 2 amide bonds. The zero-order valence-electron chi connectivity index (χ0n) is 17.7. The van der Waals surface area contributed by atoms with Crippen molar-refractivity contribution in [2.45, 2.75) is 31.6 Å². The summed E-state index contributed by atoms with van der Waals surface area (Å²) in [5.41, 5.74) is 2.36. The third-order valence-corrected chi connectivity index (χ3v) is 5.91. The van der Waals surface area contributed by atoms with Gasteiger partial charge in [0.1, 0.15) is 0 Å². The minimum absolute atomic E-state index is 0.138. The van der Waals surface area contributed by atoms with Crippen molar-refractivity contribution in [3.05, 3.63) is 83.2 Å². The van der Waals surface area contributed by atoms with Gasteiger partial charge in [0.05, 0.1) is 22.9 Å². The number of hydrogen-bond donors (Lipinski definition) is 2. The smallest absolute Gasteiger partial charge is 0.253 e. The molecule has 0 bridgehead atoms. The van der Waals surface area contributed by atoms with E-state index in [1.54, 1.807) is 30.3 Å². The molecule has 166 valence electrons. The van der Waals surface area contributed by atoms with E-state index in [4.69, 9.17) is 11.6 Å². The Morgan fingerprint density at radius 3 is 2.59 bits per heavy atom. The minimum atomic E-state index is -0.300. The molecule has 1 heterocycles. The molecule has 0 radical (unpaired) electrons. The number of halogens is 1. The third kappa shape index (κ3) is 6.21. The summed E-state index contributed by atoms with van der Waals surface area (Å²) >= 11 is 7.35. The molecule has 9 heteroatoms. The molecule has 2 N–H and O–H groups in total. The van der Waals surface area contributed by atoms with Gasteiger partial charge in [-0.25, -0.2) is 0 Å². The highest BCUT2D eigenvalue weighted by atomic mass is 35.5. The van der Waals surface area contributed by atoms with Crippen molar-refractivity contribution in [2.75, 3.05) is 11.1 Å². The zero-order chi connectivity index (χ0) is 22.9. The molecule has 0 aliphatic heterocycles. The van der Waals surface area contributed by atoms with Crippen LogP contribution >= 0.6 is 23.4 Å². The predicted molar refractivity (Wildman–Crippen MR) is 128 cm³/mol. The molecule has 0 spiro atoms. The maximum Gasteiger partial charge on any atom is 0.253 e. The quantitative estimate of drug-likeness (QED) is 0.340. The maximum atomic E-state index is 12.4. The van der Waals surface area contributed by atoms with Crippen LogP contribution in [0.5, 0.6) is 0 Å². The molecular formula is C23H24ClN5O2S. The Morgan fingerprint density at radius 1 is 1.16 bits per heavy atom. The van der Waals surface area contributed by atoms with Gasteiger partial charge in [-0.1, -0.05) is 60.6 Å². The van der Waals surface area contributed by atoms with Crippen molar-refractivity contribution in [2.24, 2.45) is 0 Å². The van der Waals surface area contributed by atoms with Gasteiger partial charge in [-0.05, 0) is 36.2 Å². The van der Waals surface area contributed by atoms with E-state index in [9.17, 15) is 9.59 Å². The Bertz CT molecular complexity index is 1100. The summed E-state index contributed by atoms with van der Waals surface area (Å²) in [6.45, 7) is 6.47. The van der Waals surface area contributed by atoms with E-state index in [2.05, 4.69) is 34.3 Å². The van der Waals surface area contributed by atoms with Crippen LogP contribution in [0, 0.1) is 0 Å². The molecule has 0 unspecified atom stereocenters. The van der Waals surface area contributed by atoms with Crippen LogP contribution in [-0.2, 0) is 24.3 Å². The number of carbonyl (C=O) groups excluding carboxylic acids is 2. The van der Waals surface area contributed by atoms with Crippen LogP contribution in [0.4, 0.5) is 5.69 Å². The normalized spacial score (nSPS) is 10.6. The van der Waals surface area contributed by atoms with Crippen LogP contribution in [0.3, 0.4) is 0 Å². The second kappa shape index (κ2) is 11.5. The van der Waals surface area contributed by atoms with Crippen molar-refractivity contribution in [1.29, 1.82) is 0 Å². The lowest BCUT2D eigenvalue weighted by molar-refractivity contribution is -0.113. The number of benzene rings is 2. The molecule has 32 heavy (non-hydrogen) atoms. The highest BCUT2D eigenvalue weighted by Gasteiger charge is 2.16. The first kappa shape index (κ1) is 23.6. The van der Waals surface area contributed by atoms with Gasteiger partial charge in [-0.2, -0.15) is 0 Å². The van der Waals surface area contributed by atoms with Crippen LogP contribution in [0.15, 0.2) is 66.3 Å². The van der Waals surface area contributed by atoms with E-state index in [1.807, 2.05) is 28.8 Å². The van der Waals surface area contributed by atoms with E-state index in [0.29, 0.717) is 28.1 Å². The van der Waals surface area contributed by atoms with Crippen molar-refractivity contribution >= 4 is 40.9 Å². The number of aryl methyl sites for hydroxylation is 1. The molecule has 7 nitrogen and oxygen atoms in total. The topological polar surface area (TPSA) is 88.9 Å². The number of carbonyl (C=O) groups is 2. The third-order valence-electron chi connectivity index (χ3n) is 4.61. The van der Waals surface area contributed by atoms with Crippen LogP contribution in [0.1, 0.15) is 28.7 Å².